The van der Waals surface area contributed by atoms with Crippen molar-refractivity contribution in [2.75, 3.05) is 0 Å². The van der Waals surface area contributed by atoms with Crippen molar-refractivity contribution in [2.45, 2.75) is 47.0 Å². The van der Waals surface area contributed by atoms with Gasteiger partial charge in [-0.15, -0.1) is 0 Å². The van der Waals surface area contributed by atoms with E-state index in [-0.39, 0.29) is 0 Å². The van der Waals surface area contributed by atoms with Crippen molar-refractivity contribution in [3.63, 3.8) is 0 Å². The van der Waals surface area contributed by atoms with Gasteiger partial charge in [-0.05, 0) is 37.0 Å². The fourth-order valence-corrected chi connectivity index (χ4v) is 2.43. The van der Waals surface area contributed by atoms with Gasteiger partial charge in [-0.1, -0.05) is 39.3 Å². The molecule has 0 amide bonds. The SMILES string of the molecule is CCC1=C[C@H](C)[C@@H](C(C)C)CC1. The first-order valence-electron chi connectivity index (χ1n) is 5.34. The van der Waals surface area contributed by atoms with Crippen molar-refractivity contribution >= 4 is 0 Å². The fourth-order valence-electron chi connectivity index (χ4n) is 2.43. The monoisotopic (exact) mass is 166 g/mol. The summed E-state index contributed by atoms with van der Waals surface area (Å²) in [7, 11) is 0. The molecule has 0 nitrogen and oxygen atoms in total. The molecule has 0 fully saturated rings. The summed E-state index contributed by atoms with van der Waals surface area (Å²) in [4.78, 5) is 0. The molecule has 0 saturated carbocycles. The van der Waals surface area contributed by atoms with Crippen LogP contribution in [0, 0.1) is 17.8 Å². The molecule has 0 spiro atoms. The van der Waals surface area contributed by atoms with Crippen molar-refractivity contribution in [1.82, 2.24) is 0 Å². The largest absolute Gasteiger partial charge is 0.0822 e. The number of allylic oxidation sites excluding steroid dienone is 2. The van der Waals surface area contributed by atoms with Crippen LogP contribution in [0.15, 0.2) is 11.6 Å². The van der Waals surface area contributed by atoms with Crippen LogP contribution in [0.5, 0.6) is 0 Å². The van der Waals surface area contributed by atoms with Gasteiger partial charge in [0.05, 0.1) is 0 Å². The van der Waals surface area contributed by atoms with E-state index in [1.54, 1.807) is 5.57 Å². The maximum atomic E-state index is 2.51. The minimum atomic E-state index is 0.814. The van der Waals surface area contributed by atoms with E-state index in [0.717, 1.165) is 17.8 Å². The van der Waals surface area contributed by atoms with Crippen LogP contribution in [0.25, 0.3) is 0 Å². The molecule has 0 aliphatic heterocycles. The summed E-state index contributed by atoms with van der Waals surface area (Å²) < 4.78 is 0. The van der Waals surface area contributed by atoms with E-state index < -0.39 is 0 Å². The second-order valence-electron chi connectivity index (χ2n) is 4.48. The third kappa shape index (κ3) is 2.12. The predicted octanol–water partition coefficient (Wildman–Crippen LogP) is 4.02. The van der Waals surface area contributed by atoms with E-state index >= 15 is 0 Å². The molecule has 0 unspecified atom stereocenters. The zero-order chi connectivity index (χ0) is 9.14. The third-order valence-electron chi connectivity index (χ3n) is 3.28. The predicted molar refractivity (Wildman–Crippen MR) is 55.1 cm³/mol. The lowest BCUT2D eigenvalue weighted by atomic mass is 9.75. The molecule has 0 bridgehead atoms. The normalized spacial score (nSPS) is 30.6. The summed E-state index contributed by atoms with van der Waals surface area (Å²) in [6.07, 6.45) is 6.53. The summed E-state index contributed by atoms with van der Waals surface area (Å²) in [5.74, 6) is 2.60. The Labute approximate surface area is 77.1 Å². The van der Waals surface area contributed by atoms with Crippen LogP contribution in [-0.4, -0.2) is 0 Å². The molecule has 0 aromatic rings. The molecule has 70 valence electrons. The minimum absolute atomic E-state index is 0.814. The molecule has 1 aliphatic carbocycles. The Morgan fingerprint density at radius 2 is 2.17 bits per heavy atom. The second kappa shape index (κ2) is 4.11. The van der Waals surface area contributed by atoms with E-state index in [1.807, 2.05) is 0 Å². The standard InChI is InChI=1S/C12H22/c1-5-11-6-7-12(9(2)3)10(4)8-11/h8-10,12H,5-7H2,1-4H3/t10-,12+/m0/s1. The number of hydrogen-bond acceptors (Lipinski definition) is 0. The van der Waals surface area contributed by atoms with E-state index in [9.17, 15) is 0 Å². The van der Waals surface area contributed by atoms with E-state index in [2.05, 4.69) is 33.8 Å². The lowest BCUT2D eigenvalue weighted by Gasteiger charge is -2.30. The summed E-state index contributed by atoms with van der Waals surface area (Å²) in [6, 6.07) is 0. The summed E-state index contributed by atoms with van der Waals surface area (Å²) in [6.45, 7) is 9.35. The van der Waals surface area contributed by atoms with Crippen LogP contribution in [0.2, 0.25) is 0 Å². The highest BCUT2D eigenvalue weighted by molar-refractivity contribution is 5.08. The molecule has 0 aromatic heterocycles. The fraction of sp³-hybridized carbons (Fsp3) is 0.833. The Morgan fingerprint density at radius 3 is 2.58 bits per heavy atom. The zero-order valence-electron chi connectivity index (χ0n) is 8.93. The van der Waals surface area contributed by atoms with Crippen LogP contribution in [0.3, 0.4) is 0 Å². The molecule has 0 radical (unpaired) electrons. The van der Waals surface area contributed by atoms with Crippen LogP contribution < -0.4 is 0 Å². The molecule has 0 heteroatoms. The van der Waals surface area contributed by atoms with Crippen LogP contribution in [0.4, 0.5) is 0 Å². The Morgan fingerprint density at radius 1 is 1.50 bits per heavy atom. The lowest BCUT2D eigenvalue weighted by molar-refractivity contribution is 0.277. The minimum Gasteiger partial charge on any atom is -0.0822 e. The molecule has 0 aromatic carbocycles. The van der Waals surface area contributed by atoms with Crippen LogP contribution in [-0.2, 0) is 0 Å². The van der Waals surface area contributed by atoms with Gasteiger partial charge in [0, 0.05) is 0 Å². The van der Waals surface area contributed by atoms with Gasteiger partial charge in [0.2, 0.25) is 0 Å². The van der Waals surface area contributed by atoms with Gasteiger partial charge in [-0.2, -0.15) is 0 Å². The van der Waals surface area contributed by atoms with E-state index in [0.29, 0.717) is 0 Å². The lowest BCUT2D eigenvalue weighted by Crippen LogP contribution is -2.20. The number of hydrogen-bond donors (Lipinski definition) is 0. The Hall–Kier alpha value is -0.260. The highest BCUT2D eigenvalue weighted by Gasteiger charge is 2.22. The molecule has 0 heterocycles. The van der Waals surface area contributed by atoms with Crippen molar-refractivity contribution in [3.05, 3.63) is 11.6 Å². The summed E-state index contributed by atoms with van der Waals surface area (Å²) >= 11 is 0. The zero-order valence-corrected chi connectivity index (χ0v) is 8.93. The smallest absolute Gasteiger partial charge is 0.0228 e. The highest BCUT2D eigenvalue weighted by Crippen LogP contribution is 2.34. The maximum absolute atomic E-state index is 2.51. The average Bonchev–Trinajstić information content (AvgIpc) is 2.03. The van der Waals surface area contributed by atoms with Gasteiger partial charge in [0.25, 0.3) is 0 Å². The Kier molecular flexibility index (Phi) is 3.37. The summed E-state index contributed by atoms with van der Waals surface area (Å²) in [5.41, 5.74) is 1.68. The molecular formula is C12H22. The van der Waals surface area contributed by atoms with Crippen molar-refractivity contribution in [1.29, 1.82) is 0 Å². The van der Waals surface area contributed by atoms with Crippen LogP contribution in [0.1, 0.15) is 47.0 Å². The van der Waals surface area contributed by atoms with Gasteiger partial charge in [0.15, 0.2) is 0 Å². The first-order chi connectivity index (χ1) is 5.65. The summed E-state index contributed by atoms with van der Waals surface area (Å²) in [5, 5.41) is 0. The van der Waals surface area contributed by atoms with Gasteiger partial charge in [0.1, 0.15) is 0 Å². The molecule has 1 aliphatic rings. The van der Waals surface area contributed by atoms with Gasteiger partial charge >= 0.3 is 0 Å². The van der Waals surface area contributed by atoms with Gasteiger partial charge < -0.3 is 0 Å². The first-order valence-corrected chi connectivity index (χ1v) is 5.34. The number of rotatable bonds is 2. The average molecular weight is 166 g/mol. The molecule has 0 N–H and O–H groups in total. The Bertz CT molecular complexity index is 165. The quantitative estimate of drug-likeness (QED) is 0.543. The second-order valence-corrected chi connectivity index (χ2v) is 4.48. The van der Waals surface area contributed by atoms with Crippen molar-refractivity contribution in [3.8, 4) is 0 Å². The maximum Gasteiger partial charge on any atom is -0.0228 e. The molecular weight excluding hydrogens is 144 g/mol. The molecule has 12 heavy (non-hydrogen) atoms. The van der Waals surface area contributed by atoms with Gasteiger partial charge in [-0.3, -0.25) is 0 Å². The third-order valence-corrected chi connectivity index (χ3v) is 3.28. The van der Waals surface area contributed by atoms with Crippen molar-refractivity contribution < 1.29 is 0 Å². The van der Waals surface area contributed by atoms with Crippen LogP contribution >= 0.6 is 0 Å². The molecule has 1 rings (SSSR count). The van der Waals surface area contributed by atoms with E-state index in [4.69, 9.17) is 0 Å². The topological polar surface area (TPSA) is 0 Å². The first kappa shape index (κ1) is 9.83. The van der Waals surface area contributed by atoms with Crippen molar-refractivity contribution in [2.24, 2.45) is 17.8 Å². The molecule has 0 saturated heterocycles. The Balaban J connectivity index is 2.60. The molecule has 2 atom stereocenters. The van der Waals surface area contributed by atoms with Gasteiger partial charge in [-0.25, -0.2) is 0 Å². The highest BCUT2D eigenvalue weighted by atomic mass is 14.3. The van der Waals surface area contributed by atoms with E-state index in [1.165, 1.54) is 19.3 Å².